The summed E-state index contributed by atoms with van der Waals surface area (Å²) in [4.78, 5) is 27.2. The number of pyridine rings is 1. The van der Waals surface area contributed by atoms with E-state index in [9.17, 15) is 9.59 Å². The van der Waals surface area contributed by atoms with Gasteiger partial charge in [-0.25, -0.2) is 0 Å². The highest BCUT2D eigenvalue weighted by atomic mass is 16.5. The summed E-state index contributed by atoms with van der Waals surface area (Å²) in [5.74, 6) is 0.706. The van der Waals surface area contributed by atoms with Gasteiger partial charge in [-0.05, 0) is 55.7 Å². The minimum atomic E-state index is -0.166. The lowest BCUT2D eigenvalue weighted by atomic mass is 10.0. The molecule has 0 atom stereocenters. The number of H-pyrrole nitrogens is 1. The maximum Gasteiger partial charge on any atom is 0.253 e. The van der Waals surface area contributed by atoms with Crippen molar-refractivity contribution in [1.82, 2.24) is 10.3 Å². The van der Waals surface area contributed by atoms with E-state index in [-0.39, 0.29) is 18.0 Å². The molecule has 2 aromatic carbocycles. The number of ether oxygens (including phenoxy) is 1. The third-order valence-electron chi connectivity index (χ3n) is 4.43. The molecule has 140 valence electrons. The third kappa shape index (κ3) is 4.97. The molecule has 2 N–H and O–H groups in total. The molecular formula is C22H24N2O3. The summed E-state index contributed by atoms with van der Waals surface area (Å²) in [5.41, 5.74) is 3.43. The van der Waals surface area contributed by atoms with Gasteiger partial charge in [-0.3, -0.25) is 9.59 Å². The second kappa shape index (κ2) is 8.54. The Morgan fingerprint density at radius 2 is 1.89 bits per heavy atom. The van der Waals surface area contributed by atoms with Crippen LogP contribution in [0.15, 0.2) is 53.3 Å². The Morgan fingerprint density at radius 3 is 2.67 bits per heavy atom. The van der Waals surface area contributed by atoms with Crippen LogP contribution in [0.4, 0.5) is 0 Å². The number of hydrogen-bond donors (Lipinski definition) is 2. The maximum atomic E-state index is 12.3. The highest BCUT2D eigenvalue weighted by molar-refractivity contribution is 5.83. The third-order valence-corrected chi connectivity index (χ3v) is 4.43. The second-order valence-electron chi connectivity index (χ2n) is 6.71. The van der Waals surface area contributed by atoms with Crippen molar-refractivity contribution in [2.24, 2.45) is 0 Å². The van der Waals surface area contributed by atoms with Crippen molar-refractivity contribution >= 4 is 16.8 Å². The van der Waals surface area contributed by atoms with Gasteiger partial charge in [0, 0.05) is 29.4 Å². The molecule has 0 spiro atoms. The fraction of sp³-hybridized carbons (Fsp3) is 0.273. The van der Waals surface area contributed by atoms with Gasteiger partial charge in [0.05, 0.1) is 6.61 Å². The van der Waals surface area contributed by atoms with Crippen LogP contribution >= 0.6 is 0 Å². The van der Waals surface area contributed by atoms with Crippen molar-refractivity contribution in [2.75, 3.05) is 6.61 Å². The molecule has 1 aromatic heterocycles. The zero-order valence-corrected chi connectivity index (χ0v) is 15.7. The number of rotatable bonds is 7. The molecule has 3 rings (SSSR count). The lowest BCUT2D eigenvalue weighted by Gasteiger charge is -2.09. The molecule has 0 saturated carbocycles. The molecular weight excluding hydrogens is 340 g/mol. The van der Waals surface area contributed by atoms with E-state index in [1.165, 1.54) is 0 Å². The Hall–Kier alpha value is -3.08. The zero-order chi connectivity index (χ0) is 19.2. The van der Waals surface area contributed by atoms with Crippen molar-refractivity contribution in [2.45, 2.75) is 33.2 Å². The largest absolute Gasteiger partial charge is 0.494 e. The maximum absolute atomic E-state index is 12.3. The standard InChI is InChI=1S/C22H24N2O3/c1-15-11-16(2)19-13-17(22(26)24-20(19)12-15)14-23-21(25)9-6-10-27-18-7-4-3-5-8-18/h3-5,7-8,11-13H,6,9-10,14H2,1-2H3,(H,23,25)(H,24,26). The molecule has 3 aromatic rings. The molecule has 0 fully saturated rings. The number of para-hydroxylation sites is 1. The SMILES string of the molecule is Cc1cc(C)c2cc(CNC(=O)CCCOc3ccccc3)c(=O)[nH]c2c1. The van der Waals surface area contributed by atoms with Crippen molar-refractivity contribution < 1.29 is 9.53 Å². The van der Waals surface area contributed by atoms with E-state index in [1.54, 1.807) is 0 Å². The van der Waals surface area contributed by atoms with E-state index >= 15 is 0 Å². The van der Waals surface area contributed by atoms with Gasteiger partial charge in [-0.15, -0.1) is 0 Å². The van der Waals surface area contributed by atoms with E-state index in [2.05, 4.69) is 16.4 Å². The smallest absolute Gasteiger partial charge is 0.253 e. The van der Waals surface area contributed by atoms with Crippen LogP contribution in [0.25, 0.3) is 10.9 Å². The number of carbonyl (C=O) groups excluding carboxylic acids is 1. The van der Waals surface area contributed by atoms with Crippen LogP contribution in [0.2, 0.25) is 0 Å². The molecule has 1 amide bonds. The number of carbonyl (C=O) groups is 1. The van der Waals surface area contributed by atoms with Crippen molar-refractivity contribution in [3.8, 4) is 5.75 Å². The van der Waals surface area contributed by atoms with Gasteiger partial charge in [-0.2, -0.15) is 0 Å². The highest BCUT2D eigenvalue weighted by Gasteiger charge is 2.08. The van der Waals surface area contributed by atoms with Gasteiger partial charge < -0.3 is 15.0 Å². The average Bonchev–Trinajstić information content (AvgIpc) is 2.64. The molecule has 0 radical (unpaired) electrons. The number of fused-ring (bicyclic) bond motifs is 1. The Labute approximate surface area is 158 Å². The number of nitrogens with one attached hydrogen (secondary N) is 2. The van der Waals surface area contributed by atoms with Gasteiger partial charge in [0.2, 0.25) is 5.91 Å². The molecule has 0 unspecified atom stereocenters. The molecule has 0 saturated heterocycles. The normalized spacial score (nSPS) is 10.7. The number of aromatic amines is 1. The monoisotopic (exact) mass is 364 g/mol. The van der Waals surface area contributed by atoms with Crippen LogP contribution in [-0.2, 0) is 11.3 Å². The lowest BCUT2D eigenvalue weighted by molar-refractivity contribution is -0.121. The van der Waals surface area contributed by atoms with Gasteiger partial charge in [0.15, 0.2) is 0 Å². The quantitative estimate of drug-likeness (QED) is 0.629. The van der Waals surface area contributed by atoms with E-state index < -0.39 is 0 Å². The molecule has 5 heteroatoms. The summed E-state index contributed by atoms with van der Waals surface area (Å²) >= 11 is 0. The van der Waals surface area contributed by atoms with Crippen LogP contribution in [0.1, 0.15) is 29.5 Å². The molecule has 27 heavy (non-hydrogen) atoms. The lowest BCUT2D eigenvalue weighted by Crippen LogP contribution is -2.26. The number of aryl methyl sites for hydroxylation is 2. The minimum Gasteiger partial charge on any atom is -0.494 e. The van der Waals surface area contributed by atoms with E-state index in [1.807, 2.05) is 56.3 Å². The first-order valence-corrected chi connectivity index (χ1v) is 9.10. The van der Waals surface area contributed by atoms with E-state index in [0.717, 1.165) is 27.8 Å². The van der Waals surface area contributed by atoms with Gasteiger partial charge in [-0.1, -0.05) is 24.3 Å². The van der Waals surface area contributed by atoms with Crippen LogP contribution < -0.4 is 15.6 Å². The van der Waals surface area contributed by atoms with Crippen molar-refractivity contribution in [1.29, 1.82) is 0 Å². The fourth-order valence-corrected chi connectivity index (χ4v) is 3.07. The topological polar surface area (TPSA) is 71.2 Å². The molecule has 0 aliphatic heterocycles. The predicted octanol–water partition coefficient (Wildman–Crippen LogP) is 3.62. The first-order valence-electron chi connectivity index (χ1n) is 9.10. The van der Waals surface area contributed by atoms with Crippen LogP contribution in [-0.4, -0.2) is 17.5 Å². The molecule has 0 aliphatic carbocycles. The number of hydrogen-bond acceptors (Lipinski definition) is 3. The summed E-state index contributed by atoms with van der Waals surface area (Å²) in [6, 6.07) is 15.4. The Kier molecular flexibility index (Phi) is 5.91. The average molecular weight is 364 g/mol. The van der Waals surface area contributed by atoms with Crippen LogP contribution in [0, 0.1) is 13.8 Å². The minimum absolute atomic E-state index is 0.0909. The first kappa shape index (κ1) is 18.7. The van der Waals surface area contributed by atoms with Crippen molar-refractivity contribution in [3.63, 3.8) is 0 Å². The molecule has 0 aliphatic rings. The Balaban J connectivity index is 1.52. The number of amides is 1. The fourth-order valence-electron chi connectivity index (χ4n) is 3.07. The zero-order valence-electron chi connectivity index (χ0n) is 15.7. The van der Waals surface area contributed by atoms with Crippen LogP contribution in [0.3, 0.4) is 0 Å². The van der Waals surface area contributed by atoms with Crippen LogP contribution in [0.5, 0.6) is 5.75 Å². The Bertz CT molecular complexity index is 994. The van der Waals surface area contributed by atoms with E-state index in [4.69, 9.17) is 4.74 Å². The van der Waals surface area contributed by atoms with E-state index in [0.29, 0.717) is 25.0 Å². The second-order valence-corrected chi connectivity index (χ2v) is 6.71. The number of benzene rings is 2. The molecule has 1 heterocycles. The summed E-state index contributed by atoms with van der Waals surface area (Å²) in [7, 11) is 0. The predicted molar refractivity (Wildman–Crippen MR) is 107 cm³/mol. The summed E-state index contributed by atoms with van der Waals surface area (Å²) < 4.78 is 5.57. The molecule has 0 bridgehead atoms. The Morgan fingerprint density at radius 1 is 1.11 bits per heavy atom. The van der Waals surface area contributed by atoms with Crippen molar-refractivity contribution in [3.05, 3.63) is 75.6 Å². The van der Waals surface area contributed by atoms with Gasteiger partial charge in [0.1, 0.15) is 5.75 Å². The first-order chi connectivity index (χ1) is 13.0. The van der Waals surface area contributed by atoms with Gasteiger partial charge in [0.25, 0.3) is 5.56 Å². The molecule has 5 nitrogen and oxygen atoms in total. The summed E-state index contributed by atoms with van der Waals surface area (Å²) in [5, 5.41) is 3.82. The summed E-state index contributed by atoms with van der Waals surface area (Å²) in [6.45, 7) is 4.71. The summed E-state index contributed by atoms with van der Waals surface area (Å²) in [6.07, 6.45) is 0.976. The van der Waals surface area contributed by atoms with Gasteiger partial charge >= 0.3 is 0 Å². The highest BCUT2D eigenvalue weighted by Crippen LogP contribution is 2.18. The number of aromatic nitrogens is 1.